The van der Waals surface area contributed by atoms with Gasteiger partial charge < -0.3 is 9.90 Å². The Balaban J connectivity index is -0.0000000450. The first kappa shape index (κ1) is 15.6. The van der Waals surface area contributed by atoms with E-state index in [0.717, 1.165) is 6.92 Å². The van der Waals surface area contributed by atoms with E-state index >= 15 is 0 Å². The van der Waals surface area contributed by atoms with Crippen LogP contribution in [0.3, 0.4) is 0 Å². The summed E-state index contributed by atoms with van der Waals surface area (Å²) in [5.74, 6) is -1.08. The van der Waals surface area contributed by atoms with Gasteiger partial charge in [0, 0.05) is 23.0 Å². The zero-order chi connectivity index (χ0) is 3.58. The topological polar surface area (TPSA) is 40.1 Å². The largest absolute Gasteiger partial charge is 1.00 e. The van der Waals surface area contributed by atoms with E-state index in [9.17, 15) is 0 Å². The number of hydrogen-bond donors (Lipinski definition) is 0. The van der Waals surface area contributed by atoms with Gasteiger partial charge >= 0.3 is 51.4 Å². The van der Waals surface area contributed by atoms with Crippen LogP contribution in [0.15, 0.2) is 0 Å². The molecule has 0 spiro atoms. The SMILES string of the molecule is CC(=O)[O-].[K+].[Mn]. The summed E-state index contributed by atoms with van der Waals surface area (Å²) in [6.07, 6.45) is 0. The predicted molar refractivity (Wildman–Crippen MR) is 10.7 cm³/mol. The van der Waals surface area contributed by atoms with Crippen molar-refractivity contribution in [1.29, 1.82) is 0 Å². The number of carbonyl (C=O) groups excluding carboxylic acids is 1. The Bertz CT molecular complexity index is 34.5. The van der Waals surface area contributed by atoms with Crippen LogP contribution >= 0.6 is 0 Å². The Hall–Kier alpha value is 1.63. The molecule has 0 aliphatic heterocycles. The first-order chi connectivity index (χ1) is 1.73. The average Bonchev–Trinajstić information content (AvgIpc) is 0.811. The van der Waals surface area contributed by atoms with Crippen molar-refractivity contribution in [2.45, 2.75) is 6.92 Å². The Kier molecular flexibility index (Phi) is 25.6. The summed E-state index contributed by atoms with van der Waals surface area (Å²) < 4.78 is 0. The quantitative estimate of drug-likeness (QED) is 0.331. The summed E-state index contributed by atoms with van der Waals surface area (Å²) in [4.78, 5) is 8.89. The fourth-order valence-electron chi connectivity index (χ4n) is 0. The van der Waals surface area contributed by atoms with Crippen molar-refractivity contribution < 1.29 is 78.4 Å². The summed E-state index contributed by atoms with van der Waals surface area (Å²) in [5, 5.41) is 8.89. The van der Waals surface area contributed by atoms with Gasteiger partial charge in [-0.25, -0.2) is 0 Å². The number of carbonyl (C=O) groups is 1. The van der Waals surface area contributed by atoms with Gasteiger partial charge in [-0.2, -0.15) is 0 Å². The minimum atomic E-state index is -1.08. The van der Waals surface area contributed by atoms with Crippen LogP contribution in [0.5, 0.6) is 0 Å². The number of rotatable bonds is 0. The van der Waals surface area contributed by atoms with Crippen LogP contribution in [-0.2, 0) is 21.9 Å². The standard InChI is InChI=1S/C2H4O2.K.Mn/c1-2(3)4;;/h1H3,(H,3,4);;/q;+1;/p-1. The van der Waals surface area contributed by atoms with Gasteiger partial charge in [-0.3, -0.25) is 0 Å². The van der Waals surface area contributed by atoms with Gasteiger partial charge in [-0.05, 0) is 6.92 Å². The van der Waals surface area contributed by atoms with Gasteiger partial charge in [0.25, 0.3) is 0 Å². The predicted octanol–water partition coefficient (Wildman–Crippen LogP) is -4.24. The Labute approximate surface area is 89.6 Å². The molecule has 1 radical (unpaired) electrons. The van der Waals surface area contributed by atoms with Gasteiger partial charge in [0.15, 0.2) is 0 Å². The van der Waals surface area contributed by atoms with Crippen LogP contribution < -0.4 is 56.5 Å². The molecule has 31 valence electrons. The molecular formula is C2H3KMnO2. The number of carboxylic acid groups (broad SMARTS) is 1. The van der Waals surface area contributed by atoms with Crippen molar-refractivity contribution in [1.82, 2.24) is 0 Å². The molecule has 0 rings (SSSR count). The van der Waals surface area contributed by atoms with Crippen LogP contribution in [0.1, 0.15) is 6.92 Å². The molecule has 0 fully saturated rings. The fourth-order valence-corrected chi connectivity index (χ4v) is 0. The van der Waals surface area contributed by atoms with E-state index in [1.54, 1.807) is 0 Å². The molecule has 0 aromatic heterocycles. The average molecular weight is 153 g/mol. The minimum Gasteiger partial charge on any atom is -0.550 e. The van der Waals surface area contributed by atoms with Crippen molar-refractivity contribution in [3.8, 4) is 0 Å². The zero-order valence-corrected chi connectivity index (χ0v) is 8.00. The van der Waals surface area contributed by atoms with Crippen LogP contribution in [0.25, 0.3) is 0 Å². The third kappa shape index (κ3) is 45.5. The Morgan fingerprint density at radius 1 is 1.67 bits per heavy atom. The van der Waals surface area contributed by atoms with Gasteiger partial charge in [0.2, 0.25) is 0 Å². The second-order valence-electron chi connectivity index (χ2n) is 0.492. The minimum absolute atomic E-state index is 0. The van der Waals surface area contributed by atoms with Gasteiger partial charge in [0.1, 0.15) is 0 Å². The fraction of sp³-hybridized carbons (Fsp3) is 0.500. The van der Waals surface area contributed by atoms with Crippen molar-refractivity contribution in [3.63, 3.8) is 0 Å². The van der Waals surface area contributed by atoms with Gasteiger partial charge in [-0.1, -0.05) is 0 Å². The smallest absolute Gasteiger partial charge is 0.550 e. The maximum atomic E-state index is 8.89. The van der Waals surface area contributed by atoms with Crippen LogP contribution in [0, 0.1) is 0 Å². The number of aliphatic carboxylic acids is 1. The van der Waals surface area contributed by atoms with E-state index in [4.69, 9.17) is 9.90 Å². The van der Waals surface area contributed by atoms with Gasteiger partial charge in [-0.15, -0.1) is 0 Å². The maximum Gasteiger partial charge on any atom is 1.00 e. The van der Waals surface area contributed by atoms with Crippen LogP contribution in [-0.4, -0.2) is 5.97 Å². The summed E-state index contributed by atoms with van der Waals surface area (Å²) >= 11 is 0. The maximum absolute atomic E-state index is 8.89. The number of carboxylic acids is 1. The summed E-state index contributed by atoms with van der Waals surface area (Å²) in [6, 6.07) is 0. The molecule has 6 heavy (non-hydrogen) atoms. The molecule has 4 heteroatoms. The molecule has 2 nitrogen and oxygen atoms in total. The van der Waals surface area contributed by atoms with E-state index in [1.165, 1.54) is 0 Å². The summed E-state index contributed by atoms with van der Waals surface area (Å²) in [5.41, 5.74) is 0. The van der Waals surface area contributed by atoms with Gasteiger partial charge in [0.05, 0.1) is 0 Å². The first-order valence-electron chi connectivity index (χ1n) is 0.908. The molecule has 0 aliphatic rings. The van der Waals surface area contributed by atoms with E-state index < -0.39 is 5.97 Å². The molecule has 0 atom stereocenters. The Morgan fingerprint density at radius 2 is 1.67 bits per heavy atom. The van der Waals surface area contributed by atoms with Crippen molar-refractivity contribution in [2.75, 3.05) is 0 Å². The second kappa shape index (κ2) is 9.80. The second-order valence-corrected chi connectivity index (χ2v) is 0.492. The van der Waals surface area contributed by atoms with Crippen molar-refractivity contribution in [2.24, 2.45) is 0 Å². The van der Waals surface area contributed by atoms with E-state index in [2.05, 4.69) is 0 Å². The van der Waals surface area contributed by atoms with E-state index in [0.29, 0.717) is 0 Å². The molecule has 0 bridgehead atoms. The molecule has 0 aromatic rings. The third-order valence-electron chi connectivity index (χ3n) is 0. The normalized spacial score (nSPS) is 4.17. The molecule has 0 aromatic carbocycles. The molecule has 0 saturated carbocycles. The van der Waals surface area contributed by atoms with Crippen molar-refractivity contribution in [3.05, 3.63) is 0 Å². The molecule has 0 heterocycles. The molecule has 0 saturated heterocycles. The van der Waals surface area contributed by atoms with E-state index in [-0.39, 0.29) is 68.5 Å². The molecule has 0 amide bonds. The summed E-state index contributed by atoms with van der Waals surface area (Å²) in [6.45, 7) is 0.972. The van der Waals surface area contributed by atoms with Crippen LogP contribution in [0.2, 0.25) is 0 Å². The third-order valence-corrected chi connectivity index (χ3v) is 0. The molecule has 0 unspecified atom stereocenters. The molecule has 0 aliphatic carbocycles. The summed E-state index contributed by atoms with van der Waals surface area (Å²) in [7, 11) is 0. The van der Waals surface area contributed by atoms with E-state index in [1.807, 2.05) is 0 Å². The Morgan fingerprint density at radius 3 is 1.67 bits per heavy atom. The first-order valence-corrected chi connectivity index (χ1v) is 0.908. The monoisotopic (exact) mass is 153 g/mol. The molecule has 0 N–H and O–H groups in total. The molecular weight excluding hydrogens is 150 g/mol. The van der Waals surface area contributed by atoms with Crippen LogP contribution in [0.4, 0.5) is 0 Å². The number of hydrogen-bond acceptors (Lipinski definition) is 2. The van der Waals surface area contributed by atoms with Crippen molar-refractivity contribution >= 4 is 5.97 Å². The zero-order valence-electron chi connectivity index (χ0n) is 3.69.